The third-order valence-electron chi connectivity index (χ3n) is 4.69. The second kappa shape index (κ2) is 5.38. The molecule has 1 aliphatic carbocycles. The van der Waals surface area contributed by atoms with Crippen LogP contribution in [0.2, 0.25) is 0 Å². The Morgan fingerprint density at radius 1 is 1.42 bits per heavy atom. The Hall–Kier alpha value is -0.650. The third kappa shape index (κ3) is 2.78. The maximum absolute atomic E-state index is 12.3. The number of nitrogens with one attached hydrogen (secondary N) is 1. The molecule has 0 aromatic carbocycles. The van der Waals surface area contributed by atoms with E-state index in [0.29, 0.717) is 32.7 Å². The molecule has 2 atom stereocenters. The average Bonchev–Trinajstić information content (AvgIpc) is 2.38. The third-order valence-corrected chi connectivity index (χ3v) is 4.69. The number of amides is 1. The number of nitrogens with two attached hydrogens (primary N) is 1. The van der Waals surface area contributed by atoms with Crippen LogP contribution >= 0.6 is 0 Å². The van der Waals surface area contributed by atoms with Crippen LogP contribution in [0.5, 0.6) is 0 Å². The summed E-state index contributed by atoms with van der Waals surface area (Å²) in [4.78, 5) is 12.3. The van der Waals surface area contributed by atoms with Gasteiger partial charge in [-0.15, -0.1) is 0 Å². The first kappa shape index (κ1) is 14.8. The Kier molecular flexibility index (Phi) is 4.18. The van der Waals surface area contributed by atoms with Crippen molar-refractivity contribution in [2.75, 3.05) is 19.8 Å². The number of carbonyl (C=O) groups excluding carboxylic acids is 1. The van der Waals surface area contributed by atoms with E-state index < -0.39 is 5.54 Å². The fraction of sp³-hybridized carbons (Fsp3) is 0.929. The molecule has 2 unspecified atom stereocenters. The Bertz CT molecular complexity index is 338. The summed E-state index contributed by atoms with van der Waals surface area (Å²) in [6.45, 7) is 8.12. The second-order valence-corrected chi connectivity index (χ2v) is 6.30. The van der Waals surface area contributed by atoms with E-state index >= 15 is 0 Å². The molecule has 3 N–H and O–H groups in total. The lowest BCUT2D eigenvalue weighted by Crippen LogP contribution is -2.67. The van der Waals surface area contributed by atoms with E-state index in [4.69, 9.17) is 15.2 Å². The lowest BCUT2D eigenvalue weighted by Gasteiger charge is -2.52. The summed E-state index contributed by atoms with van der Waals surface area (Å²) in [5.41, 5.74) is 5.41. The minimum Gasteiger partial charge on any atom is -0.381 e. The van der Waals surface area contributed by atoms with Crippen LogP contribution < -0.4 is 11.1 Å². The van der Waals surface area contributed by atoms with E-state index in [9.17, 15) is 4.79 Å². The molecule has 0 aromatic rings. The fourth-order valence-corrected chi connectivity index (χ4v) is 2.88. The van der Waals surface area contributed by atoms with Gasteiger partial charge in [0.25, 0.3) is 0 Å². The van der Waals surface area contributed by atoms with E-state index in [-0.39, 0.29) is 23.5 Å². The van der Waals surface area contributed by atoms with E-state index in [1.807, 2.05) is 6.92 Å². The standard InChI is InChI=1S/C14H26N2O3/c1-4-19-11-9-10(13(11,2)3)16-12(17)14(15)5-7-18-8-6-14/h10-11H,4-9,15H2,1-3H3,(H,16,17). The summed E-state index contributed by atoms with van der Waals surface area (Å²) in [7, 11) is 0. The SMILES string of the molecule is CCOC1CC(NC(=O)C2(N)CCOCC2)C1(C)C. The van der Waals surface area contributed by atoms with Gasteiger partial charge in [0, 0.05) is 31.3 Å². The van der Waals surface area contributed by atoms with E-state index in [0.717, 1.165) is 6.42 Å². The van der Waals surface area contributed by atoms with Crippen LogP contribution in [0.3, 0.4) is 0 Å². The van der Waals surface area contributed by atoms with Gasteiger partial charge in [0.05, 0.1) is 11.6 Å². The highest BCUT2D eigenvalue weighted by Crippen LogP contribution is 2.43. The molecule has 0 radical (unpaired) electrons. The van der Waals surface area contributed by atoms with Crippen molar-refractivity contribution < 1.29 is 14.3 Å². The number of carbonyl (C=O) groups is 1. The molecular weight excluding hydrogens is 244 g/mol. The molecule has 5 nitrogen and oxygen atoms in total. The second-order valence-electron chi connectivity index (χ2n) is 6.30. The van der Waals surface area contributed by atoms with Gasteiger partial charge < -0.3 is 20.5 Å². The van der Waals surface area contributed by atoms with Gasteiger partial charge in [-0.1, -0.05) is 13.8 Å². The van der Waals surface area contributed by atoms with Crippen molar-refractivity contribution >= 4 is 5.91 Å². The molecule has 1 aliphatic heterocycles. The monoisotopic (exact) mass is 270 g/mol. The maximum Gasteiger partial charge on any atom is 0.240 e. The van der Waals surface area contributed by atoms with Crippen molar-refractivity contribution in [1.29, 1.82) is 0 Å². The largest absolute Gasteiger partial charge is 0.381 e. The molecule has 2 aliphatic rings. The zero-order valence-corrected chi connectivity index (χ0v) is 12.2. The van der Waals surface area contributed by atoms with Gasteiger partial charge in [-0.25, -0.2) is 0 Å². The van der Waals surface area contributed by atoms with Crippen molar-refractivity contribution in [2.45, 2.75) is 57.7 Å². The lowest BCUT2D eigenvalue weighted by molar-refractivity contribution is -0.143. The zero-order chi connectivity index (χ0) is 14.1. The smallest absolute Gasteiger partial charge is 0.240 e. The molecule has 0 spiro atoms. The van der Waals surface area contributed by atoms with Gasteiger partial charge in [0.2, 0.25) is 5.91 Å². The summed E-state index contributed by atoms with van der Waals surface area (Å²) in [5.74, 6) is -0.0381. The predicted octanol–water partition coefficient (Wildman–Crippen LogP) is 0.814. The maximum atomic E-state index is 12.3. The highest BCUT2D eigenvalue weighted by molar-refractivity contribution is 5.86. The molecule has 110 valence electrons. The zero-order valence-electron chi connectivity index (χ0n) is 12.2. The first-order chi connectivity index (χ1) is 8.90. The van der Waals surface area contributed by atoms with Crippen molar-refractivity contribution in [3.05, 3.63) is 0 Å². The predicted molar refractivity (Wildman–Crippen MR) is 72.7 cm³/mol. The van der Waals surface area contributed by atoms with Crippen molar-refractivity contribution in [1.82, 2.24) is 5.32 Å². The summed E-state index contributed by atoms with van der Waals surface area (Å²) < 4.78 is 10.9. The van der Waals surface area contributed by atoms with Crippen molar-refractivity contribution in [2.24, 2.45) is 11.1 Å². The first-order valence-corrected chi connectivity index (χ1v) is 7.19. The molecule has 19 heavy (non-hydrogen) atoms. The van der Waals surface area contributed by atoms with Crippen LogP contribution in [0.25, 0.3) is 0 Å². The number of hydrogen-bond acceptors (Lipinski definition) is 4. The summed E-state index contributed by atoms with van der Waals surface area (Å²) in [6.07, 6.45) is 2.30. The molecule has 5 heteroatoms. The summed E-state index contributed by atoms with van der Waals surface area (Å²) in [6, 6.07) is 0.153. The molecule has 2 fully saturated rings. The highest BCUT2D eigenvalue weighted by atomic mass is 16.5. The topological polar surface area (TPSA) is 73.6 Å². The molecule has 1 saturated carbocycles. The van der Waals surface area contributed by atoms with Gasteiger partial charge in [0.15, 0.2) is 0 Å². The van der Waals surface area contributed by atoms with Crippen LogP contribution in [0, 0.1) is 5.41 Å². The quantitative estimate of drug-likeness (QED) is 0.793. The van der Waals surface area contributed by atoms with E-state index in [1.165, 1.54) is 0 Å². The molecule has 1 amide bonds. The van der Waals surface area contributed by atoms with Gasteiger partial charge in [0.1, 0.15) is 0 Å². The normalized spacial score (nSPS) is 32.4. The van der Waals surface area contributed by atoms with Crippen molar-refractivity contribution in [3.63, 3.8) is 0 Å². The van der Waals surface area contributed by atoms with Crippen molar-refractivity contribution in [3.8, 4) is 0 Å². The number of ether oxygens (including phenoxy) is 2. The number of rotatable bonds is 4. The first-order valence-electron chi connectivity index (χ1n) is 7.19. The molecule has 1 heterocycles. The van der Waals surface area contributed by atoms with Gasteiger partial charge in [-0.05, 0) is 26.2 Å². The Balaban J connectivity index is 1.90. The Morgan fingerprint density at radius 3 is 2.58 bits per heavy atom. The molecular formula is C14H26N2O3. The fourth-order valence-electron chi connectivity index (χ4n) is 2.88. The Labute approximate surface area is 115 Å². The van der Waals surface area contributed by atoms with E-state index in [1.54, 1.807) is 0 Å². The Morgan fingerprint density at radius 2 is 2.05 bits per heavy atom. The van der Waals surface area contributed by atoms with Gasteiger partial charge >= 0.3 is 0 Å². The minimum atomic E-state index is -0.759. The minimum absolute atomic E-state index is 0.0206. The van der Waals surface area contributed by atoms with Crippen LogP contribution in [0.4, 0.5) is 0 Å². The van der Waals surface area contributed by atoms with Crippen LogP contribution in [0.1, 0.15) is 40.0 Å². The highest BCUT2D eigenvalue weighted by Gasteiger charge is 2.51. The molecule has 1 saturated heterocycles. The molecule has 2 rings (SSSR count). The summed E-state index contributed by atoms with van der Waals surface area (Å²) >= 11 is 0. The van der Waals surface area contributed by atoms with Gasteiger partial charge in [-0.3, -0.25) is 4.79 Å². The summed E-state index contributed by atoms with van der Waals surface area (Å²) in [5, 5.41) is 3.11. The van der Waals surface area contributed by atoms with Gasteiger partial charge in [-0.2, -0.15) is 0 Å². The lowest BCUT2D eigenvalue weighted by atomic mass is 9.64. The van der Waals surface area contributed by atoms with E-state index in [2.05, 4.69) is 19.2 Å². The molecule has 0 bridgehead atoms. The van der Waals surface area contributed by atoms with Crippen LogP contribution in [0.15, 0.2) is 0 Å². The molecule has 0 aromatic heterocycles. The van der Waals surface area contributed by atoms with Crippen LogP contribution in [-0.2, 0) is 14.3 Å². The average molecular weight is 270 g/mol. The van der Waals surface area contributed by atoms with Crippen LogP contribution in [-0.4, -0.2) is 43.4 Å². The number of hydrogen-bond donors (Lipinski definition) is 2.